The lowest BCUT2D eigenvalue weighted by atomic mass is 10.1. The van der Waals surface area contributed by atoms with Crippen LogP contribution < -0.4 is 29.3 Å². The molecule has 0 aliphatic carbocycles. The summed E-state index contributed by atoms with van der Waals surface area (Å²) in [6.45, 7) is 8.79. The summed E-state index contributed by atoms with van der Waals surface area (Å²) in [5, 5.41) is 3.06. The summed E-state index contributed by atoms with van der Waals surface area (Å²) in [5.41, 5.74) is 3.10. The smallest absolute Gasteiger partial charge is 0.282 e. The summed E-state index contributed by atoms with van der Waals surface area (Å²) < 4.78 is 16.5. The number of benzene rings is 2. The number of rotatable bonds is 8. The molecule has 7 heteroatoms. The van der Waals surface area contributed by atoms with Crippen molar-refractivity contribution in [1.82, 2.24) is 0 Å². The number of methoxy groups -OCH3 is 3. The van der Waals surface area contributed by atoms with E-state index in [4.69, 9.17) is 14.2 Å². The zero-order valence-corrected chi connectivity index (χ0v) is 19.2. The van der Waals surface area contributed by atoms with Gasteiger partial charge in [0.1, 0.15) is 32.7 Å². The van der Waals surface area contributed by atoms with E-state index in [9.17, 15) is 4.79 Å². The molecule has 7 nitrogen and oxygen atoms in total. The van der Waals surface area contributed by atoms with Crippen molar-refractivity contribution in [2.75, 3.05) is 52.8 Å². The van der Waals surface area contributed by atoms with Crippen LogP contribution in [0.25, 0.3) is 0 Å². The molecule has 1 saturated heterocycles. The van der Waals surface area contributed by atoms with Gasteiger partial charge >= 0.3 is 0 Å². The lowest BCUT2D eigenvalue weighted by Gasteiger charge is -2.33. The van der Waals surface area contributed by atoms with E-state index >= 15 is 0 Å². The van der Waals surface area contributed by atoms with Crippen molar-refractivity contribution in [3.05, 3.63) is 47.5 Å². The van der Waals surface area contributed by atoms with Crippen LogP contribution in [-0.4, -0.2) is 59.5 Å². The van der Waals surface area contributed by atoms with E-state index in [0.717, 1.165) is 55.3 Å². The maximum atomic E-state index is 12.7. The van der Waals surface area contributed by atoms with Crippen molar-refractivity contribution in [2.24, 2.45) is 0 Å². The summed E-state index contributed by atoms with van der Waals surface area (Å²) in [6.07, 6.45) is 0. The summed E-state index contributed by atoms with van der Waals surface area (Å²) in [5.74, 6) is 2.11. The molecule has 168 valence electrons. The number of amides is 1. The van der Waals surface area contributed by atoms with Gasteiger partial charge < -0.3 is 29.3 Å². The van der Waals surface area contributed by atoms with Crippen molar-refractivity contribution in [3.63, 3.8) is 0 Å². The number of ether oxygens (including phenoxy) is 3. The minimum Gasteiger partial charge on any atom is -0.493 e. The quantitative estimate of drug-likeness (QED) is 0.566. The molecule has 0 unspecified atom stereocenters. The highest BCUT2D eigenvalue weighted by molar-refractivity contribution is 5.93. The van der Waals surface area contributed by atoms with Gasteiger partial charge in [-0.05, 0) is 43.7 Å². The average molecular weight is 430 g/mol. The van der Waals surface area contributed by atoms with E-state index in [1.165, 1.54) is 9.80 Å². The first kappa shape index (κ1) is 22.9. The van der Waals surface area contributed by atoms with Gasteiger partial charge in [0.25, 0.3) is 5.91 Å². The molecule has 1 heterocycles. The molecular weight excluding hydrogens is 394 g/mol. The van der Waals surface area contributed by atoms with Crippen LogP contribution in [0.15, 0.2) is 36.4 Å². The third-order valence-corrected chi connectivity index (χ3v) is 6.12. The first-order chi connectivity index (χ1) is 15.0. The minimum atomic E-state index is -0.0855. The lowest BCUT2D eigenvalue weighted by Crippen LogP contribution is -3.29. The van der Waals surface area contributed by atoms with Crippen molar-refractivity contribution in [2.45, 2.75) is 26.4 Å². The van der Waals surface area contributed by atoms with Gasteiger partial charge in [-0.15, -0.1) is 0 Å². The van der Waals surface area contributed by atoms with Crippen molar-refractivity contribution in [1.29, 1.82) is 0 Å². The van der Waals surface area contributed by atoms with E-state index < -0.39 is 0 Å². The van der Waals surface area contributed by atoms with Gasteiger partial charge in [-0.1, -0.05) is 12.1 Å². The van der Waals surface area contributed by atoms with Gasteiger partial charge in [-0.3, -0.25) is 4.79 Å². The fourth-order valence-corrected chi connectivity index (χ4v) is 4.26. The second kappa shape index (κ2) is 10.5. The number of anilines is 1. The highest BCUT2D eigenvalue weighted by Gasteiger charge is 2.32. The summed E-state index contributed by atoms with van der Waals surface area (Å²) in [7, 11) is 4.91. The minimum absolute atomic E-state index is 0.0746. The zero-order chi connectivity index (χ0) is 22.4. The van der Waals surface area contributed by atoms with Crippen LogP contribution in [0.4, 0.5) is 5.69 Å². The largest absolute Gasteiger partial charge is 0.493 e. The Balaban J connectivity index is 1.58. The molecule has 2 aromatic rings. The van der Waals surface area contributed by atoms with Gasteiger partial charge in [-0.2, -0.15) is 0 Å². The van der Waals surface area contributed by atoms with E-state index in [1.807, 2.05) is 50.2 Å². The SMILES string of the molecule is COc1ccc(C[NH+]2CC[NH+]([C@@H](C)C(=O)Nc3cccc(C)c3)CC2)c(OC)c1OC. The molecule has 1 fully saturated rings. The Kier molecular flexibility index (Phi) is 7.76. The molecule has 1 amide bonds. The van der Waals surface area contributed by atoms with Crippen molar-refractivity contribution in [3.8, 4) is 17.2 Å². The van der Waals surface area contributed by atoms with Crippen LogP contribution >= 0.6 is 0 Å². The normalized spacial score (nSPS) is 19.4. The molecule has 1 atom stereocenters. The summed E-state index contributed by atoms with van der Waals surface area (Å²) >= 11 is 0. The molecule has 0 aromatic heterocycles. The molecule has 1 aliphatic heterocycles. The van der Waals surface area contributed by atoms with Gasteiger partial charge in [-0.25, -0.2) is 0 Å². The molecular formula is C24H35N3O4+2. The number of nitrogens with one attached hydrogen (secondary N) is 3. The van der Waals surface area contributed by atoms with Crippen molar-refractivity contribution >= 4 is 11.6 Å². The Hall–Kier alpha value is -2.77. The number of quaternary nitrogens is 2. The number of carbonyl (C=O) groups is 1. The molecule has 0 saturated carbocycles. The standard InChI is InChI=1S/C24H33N3O4/c1-17-7-6-8-20(15-17)25-24(28)18(2)27-13-11-26(12-14-27)16-19-9-10-21(29-3)23(31-5)22(19)30-4/h6-10,15,18H,11-14,16H2,1-5H3,(H,25,28)/p+2/t18-/m0/s1. The molecule has 3 rings (SSSR count). The maximum absolute atomic E-state index is 12.7. The molecule has 1 aliphatic rings. The fraction of sp³-hybridized carbons (Fsp3) is 0.458. The van der Waals surface area contributed by atoms with E-state index in [2.05, 4.69) is 5.32 Å². The predicted molar refractivity (Wildman–Crippen MR) is 120 cm³/mol. The highest BCUT2D eigenvalue weighted by atomic mass is 16.5. The third-order valence-electron chi connectivity index (χ3n) is 6.12. The summed E-state index contributed by atoms with van der Waals surface area (Å²) in [6, 6.07) is 11.8. The molecule has 0 radical (unpaired) electrons. The average Bonchev–Trinajstić information content (AvgIpc) is 2.78. The second-order valence-electron chi connectivity index (χ2n) is 8.16. The topological polar surface area (TPSA) is 65.7 Å². The fourth-order valence-electron chi connectivity index (χ4n) is 4.26. The molecule has 3 N–H and O–H groups in total. The Morgan fingerprint density at radius 3 is 2.32 bits per heavy atom. The van der Waals surface area contributed by atoms with Gasteiger partial charge in [0.05, 0.1) is 26.9 Å². The number of hydrogen-bond acceptors (Lipinski definition) is 4. The molecule has 2 aromatic carbocycles. The third kappa shape index (κ3) is 5.48. The van der Waals surface area contributed by atoms with Crippen molar-refractivity contribution < 1.29 is 28.8 Å². The van der Waals surface area contributed by atoms with Gasteiger partial charge in [0.2, 0.25) is 5.75 Å². The first-order valence-electron chi connectivity index (χ1n) is 10.8. The number of piperazine rings is 1. The van der Waals surface area contributed by atoms with E-state index in [-0.39, 0.29) is 11.9 Å². The molecule has 0 spiro atoms. The predicted octanol–water partition coefficient (Wildman–Crippen LogP) is 0.331. The number of carbonyl (C=O) groups excluding carboxylic acids is 1. The second-order valence-corrected chi connectivity index (χ2v) is 8.16. The maximum Gasteiger partial charge on any atom is 0.282 e. The molecule has 31 heavy (non-hydrogen) atoms. The molecule has 0 bridgehead atoms. The number of aryl methyl sites for hydroxylation is 1. The van der Waals surface area contributed by atoms with Crippen LogP contribution in [0, 0.1) is 6.92 Å². The highest BCUT2D eigenvalue weighted by Crippen LogP contribution is 2.39. The van der Waals surface area contributed by atoms with E-state index in [1.54, 1.807) is 21.3 Å². The Morgan fingerprint density at radius 2 is 1.71 bits per heavy atom. The monoisotopic (exact) mass is 429 g/mol. The lowest BCUT2D eigenvalue weighted by molar-refractivity contribution is -1.02. The van der Waals surface area contributed by atoms with E-state index in [0.29, 0.717) is 11.5 Å². The summed E-state index contributed by atoms with van der Waals surface area (Å²) in [4.78, 5) is 15.5. The Morgan fingerprint density at radius 1 is 1.00 bits per heavy atom. The van der Waals surface area contributed by atoms with Crippen LogP contribution in [0.2, 0.25) is 0 Å². The Bertz CT molecular complexity index is 894. The van der Waals surface area contributed by atoms with Gasteiger partial charge in [0, 0.05) is 5.69 Å². The zero-order valence-electron chi connectivity index (χ0n) is 19.2. The van der Waals surface area contributed by atoms with Crippen LogP contribution in [0.1, 0.15) is 18.1 Å². The number of hydrogen-bond donors (Lipinski definition) is 3. The van der Waals surface area contributed by atoms with Gasteiger partial charge in [0.15, 0.2) is 17.5 Å². The van der Waals surface area contributed by atoms with Crippen LogP contribution in [-0.2, 0) is 11.3 Å². The van der Waals surface area contributed by atoms with Crippen LogP contribution in [0.3, 0.4) is 0 Å². The first-order valence-corrected chi connectivity index (χ1v) is 10.8. The van der Waals surface area contributed by atoms with Crippen LogP contribution in [0.5, 0.6) is 17.2 Å². The Labute approximate surface area is 184 Å².